The Hall–Kier alpha value is -2.84. The summed E-state index contributed by atoms with van der Waals surface area (Å²) in [5, 5.41) is 12.4. The Balaban J connectivity index is 1.26. The average Bonchev–Trinajstić information content (AvgIpc) is 3.60. The number of morpholine rings is 1. The number of para-hydroxylation sites is 1. The lowest BCUT2D eigenvalue weighted by Gasteiger charge is -2.28. The summed E-state index contributed by atoms with van der Waals surface area (Å²) in [5.41, 5.74) is 2.98. The van der Waals surface area contributed by atoms with Gasteiger partial charge in [0.05, 0.1) is 18.5 Å². The van der Waals surface area contributed by atoms with Crippen LogP contribution < -0.4 is 10.2 Å². The molecule has 3 aromatic rings. The first-order chi connectivity index (χ1) is 15.7. The molecule has 2 aliphatic rings. The molecule has 5 rings (SSSR count). The number of hydrogen-bond acceptors (Lipinski definition) is 6. The molecule has 0 spiro atoms. The summed E-state index contributed by atoms with van der Waals surface area (Å²) in [7, 11) is 0. The number of amides is 1. The maximum Gasteiger partial charge on any atom is 0.237 e. The monoisotopic (exact) mass is 449 g/mol. The predicted molar refractivity (Wildman–Crippen MR) is 127 cm³/mol. The van der Waals surface area contributed by atoms with Crippen molar-refractivity contribution in [2.75, 3.05) is 36.5 Å². The predicted octanol–water partition coefficient (Wildman–Crippen LogP) is 4.10. The normalized spacial score (nSPS) is 17.2. The van der Waals surface area contributed by atoms with Crippen LogP contribution in [0, 0.1) is 0 Å². The molecular formula is C24H27N5O2S. The molecule has 2 aromatic carbocycles. The van der Waals surface area contributed by atoms with Crippen molar-refractivity contribution < 1.29 is 9.53 Å². The molecule has 166 valence electrons. The number of nitrogens with one attached hydrogen (secondary N) is 1. The summed E-state index contributed by atoms with van der Waals surface area (Å²) in [6, 6.07) is 18.1. The number of aromatic nitrogens is 3. The van der Waals surface area contributed by atoms with Gasteiger partial charge in [-0.05, 0) is 56.2 Å². The van der Waals surface area contributed by atoms with Gasteiger partial charge in [0.25, 0.3) is 0 Å². The lowest BCUT2D eigenvalue weighted by molar-refractivity contribution is -0.115. The van der Waals surface area contributed by atoms with Crippen LogP contribution in [0.5, 0.6) is 0 Å². The van der Waals surface area contributed by atoms with E-state index in [1.807, 2.05) is 49.4 Å². The molecule has 8 heteroatoms. The lowest BCUT2D eigenvalue weighted by Crippen LogP contribution is -2.36. The lowest BCUT2D eigenvalue weighted by atomic mass is 10.2. The van der Waals surface area contributed by atoms with Crippen molar-refractivity contribution in [2.24, 2.45) is 0 Å². The van der Waals surface area contributed by atoms with Crippen molar-refractivity contribution in [3.05, 3.63) is 60.4 Å². The molecule has 2 fully saturated rings. The number of nitrogens with zero attached hydrogens (tertiary/aromatic N) is 4. The molecule has 1 aromatic heterocycles. The standard InChI is InChI=1S/C24H27N5O2S/c1-17(23(30)25-19-9-11-20(12-10-19)28-13-15-31-16-14-28)32-24-27-26-22(18-7-8-18)29(24)21-5-3-2-4-6-21/h2-6,9-12,17-18H,7-8,13-16H2,1H3,(H,25,30). The molecule has 1 N–H and O–H groups in total. The Labute approximate surface area is 192 Å². The second kappa shape index (κ2) is 9.34. The molecule has 0 radical (unpaired) electrons. The van der Waals surface area contributed by atoms with Crippen LogP contribution in [0.2, 0.25) is 0 Å². The van der Waals surface area contributed by atoms with E-state index < -0.39 is 0 Å². The molecule has 1 aliphatic carbocycles. The first kappa shape index (κ1) is 21.0. The minimum atomic E-state index is -0.312. The van der Waals surface area contributed by atoms with Crippen LogP contribution in [-0.4, -0.2) is 52.2 Å². The molecule has 1 aliphatic heterocycles. The van der Waals surface area contributed by atoms with Crippen molar-refractivity contribution in [3.8, 4) is 5.69 Å². The fourth-order valence-corrected chi connectivity index (χ4v) is 4.69. The molecule has 0 bridgehead atoms. The second-order valence-electron chi connectivity index (χ2n) is 8.18. The first-order valence-corrected chi connectivity index (χ1v) is 12.0. The fraction of sp³-hybridized carbons (Fsp3) is 0.375. The molecular weight excluding hydrogens is 422 g/mol. The Kier molecular flexibility index (Phi) is 6.14. The summed E-state index contributed by atoms with van der Waals surface area (Å²) >= 11 is 1.44. The summed E-state index contributed by atoms with van der Waals surface area (Å²) in [6.45, 7) is 5.20. The van der Waals surface area contributed by atoms with Crippen LogP contribution in [0.4, 0.5) is 11.4 Å². The zero-order valence-electron chi connectivity index (χ0n) is 18.1. The number of thioether (sulfide) groups is 1. The van der Waals surface area contributed by atoms with Crippen molar-refractivity contribution >= 4 is 29.0 Å². The maximum atomic E-state index is 12.9. The van der Waals surface area contributed by atoms with Gasteiger partial charge in [-0.15, -0.1) is 10.2 Å². The number of rotatable bonds is 7. The summed E-state index contributed by atoms with van der Waals surface area (Å²) in [5.74, 6) is 1.40. The number of carbonyl (C=O) groups is 1. The average molecular weight is 450 g/mol. The number of hydrogen-bond donors (Lipinski definition) is 1. The third-order valence-corrected chi connectivity index (χ3v) is 6.82. The molecule has 1 saturated heterocycles. The smallest absolute Gasteiger partial charge is 0.237 e. The molecule has 7 nitrogen and oxygen atoms in total. The number of carbonyl (C=O) groups excluding carboxylic acids is 1. The zero-order chi connectivity index (χ0) is 21.9. The summed E-state index contributed by atoms with van der Waals surface area (Å²) in [6.07, 6.45) is 2.29. The number of benzene rings is 2. The largest absolute Gasteiger partial charge is 0.378 e. The van der Waals surface area contributed by atoms with Crippen LogP contribution in [0.1, 0.15) is 31.5 Å². The van der Waals surface area contributed by atoms with Gasteiger partial charge < -0.3 is 15.0 Å². The third kappa shape index (κ3) is 4.66. The zero-order valence-corrected chi connectivity index (χ0v) is 18.9. The van der Waals surface area contributed by atoms with Crippen molar-refractivity contribution in [2.45, 2.75) is 36.1 Å². The van der Waals surface area contributed by atoms with Gasteiger partial charge in [-0.3, -0.25) is 9.36 Å². The third-order valence-electron chi connectivity index (χ3n) is 5.78. The molecule has 1 atom stereocenters. The quantitative estimate of drug-likeness (QED) is 0.548. The van der Waals surface area contributed by atoms with E-state index in [9.17, 15) is 4.79 Å². The second-order valence-corrected chi connectivity index (χ2v) is 9.49. The van der Waals surface area contributed by atoms with Crippen LogP contribution in [0.25, 0.3) is 5.69 Å². The Morgan fingerprint density at radius 3 is 2.44 bits per heavy atom. The molecule has 32 heavy (non-hydrogen) atoms. The summed E-state index contributed by atoms with van der Waals surface area (Å²) < 4.78 is 7.52. The Bertz CT molecular complexity index is 1060. The van der Waals surface area contributed by atoms with Gasteiger partial charge in [0, 0.05) is 36.1 Å². The SMILES string of the molecule is CC(Sc1nnc(C2CC2)n1-c1ccccc1)C(=O)Nc1ccc(N2CCOCC2)cc1. The van der Waals surface area contributed by atoms with Crippen LogP contribution in [0.15, 0.2) is 59.8 Å². The minimum absolute atomic E-state index is 0.0512. The highest BCUT2D eigenvalue weighted by atomic mass is 32.2. The van der Waals surface area contributed by atoms with Gasteiger partial charge in [-0.1, -0.05) is 30.0 Å². The highest BCUT2D eigenvalue weighted by Gasteiger charge is 2.31. The van der Waals surface area contributed by atoms with E-state index in [-0.39, 0.29) is 11.2 Å². The topological polar surface area (TPSA) is 72.3 Å². The Morgan fingerprint density at radius 1 is 1.03 bits per heavy atom. The highest BCUT2D eigenvalue weighted by Crippen LogP contribution is 2.41. The van der Waals surface area contributed by atoms with Gasteiger partial charge in [-0.2, -0.15) is 0 Å². The van der Waals surface area contributed by atoms with Crippen molar-refractivity contribution in [3.63, 3.8) is 0 Å². The van der Waals surface area contributed by atoms with Crippen LogP contribution in [0.3, 0.4) is 0 Å². The van der Waals surface area contributed by atoms with Crippen LogP contribution in [-0.2, 0) is 9.53 Å². The van der Waals surface area contributed by atoms with E-state index in [1.54, 1.807) is 0 Å². The van der Waals surface area contributed by atoms with Gasteiger partial charge in [0.2, 0.25) is 5.91 Å². The molecule has 1 unspecified atom stereocenters. The number of anilines is 2. The highest BCUT2D eigenvalue weighted by molar-refractivity contribution is 8.00. The number of ether oxygens (including phenoxy) is 1. The van der Waals surface area contributed by atoms with Gasteiger partial charge in [0.1, 0.15) is 5.82 Å². The van der Waals surface area contributed by atoms with E-state index in [4.69, 9.17) is 4.74 Å². The van der Waals surface area contributed by atoms with E-state index in [0.29, 0.717) is 5.92 Å². The van der Waals surface area contributed by atoms with Gasteiger partial charge in [-0.25, -0.2) is 0 Å². The van der Waals surface area contributed by atoms with E-state index in [0.717, 1.165) is 67.2 Å². The van der Waals surface area contributed by atoms with Crippen molar-refractivity contribution in [1.29, 1.82) is 0 Å². The van der Waals surface area contributed by atoms with Gasteiger partial charge >= 0.3 is 0 Å². The fourth-order valence-electron chi connectivity index (χ4n) is 3.82. The molecule has 1 saturated carbocycles. The molecule has 2 heterocycles. The van der Waals surface area contributed by atoms with Crippen molar-refractivity contribution in [1.82, 2.24) is 14.8 Å². The summed E-state index contributed by atoms with van der Waals surface area (Å²) in [4.78, 5) is 15.2. The van der Waals surface area contributed by atoms with E-state index in [1.165, 1.54) is 11.8 Å². The van der Waals surface area contributed by atoms with E-state index >= 15 is 0 Å². The minimum Gasteiger partial charge on any atom is -0.378 e. The van der Waals surface area contributed by atoms with Gasteiger partial charge in [0.15, 0.2) is 5.16 Å². The maximum absolute atomic E-state index is 12.9. The van der Waals surface area contributed by atoms with Crippen LogP contribution >= 0.6 is 11.8 Å². The van der Waals surface area contributed by atoms with E-state index in [2.05, 4.69) is 37.1 Å². The Morgan fingerprint density at radius 2 is 1.75 bits per heavy atom. The molecule has 1 amide bonds. The first-order valence-electron chi connectivity index (χ1n) is 11.1.